The number of fused-ring (bicyclic) bond motifs is 2. The fraction of sp³-hybridized carbons (Fsp3) is 0.462. The van der Waals surface area contributed by atoms with Gasteiger partial charge < -0.3 is 14.5 Å². The number of benzene rings is 2. The first-order chi connectivity index (χ1) is 15.1. The lowest BCUT2D eigenvalue weighted by Crippen LogP contribution is -2.56. The van der Waals surface area contributed by atoms with E-state index in [1.165, 1.54) is 19.3 Å². The molecule has 2 aromatic rings. The summed E-state index contributed by atoms with van der Waals surface area (Å²) in [6.07, 6.45) is 5.77. The van der Waals surface area contributed by atoms with E-state index in [4.69, 9.17) is 9.73 Å². The van der Waals surface area contributed by atoms with Gasteiger partial charge >= 0.3 is 0 Å². The van der Waals surface area contributed by atoms with Crippen LogP contribution in [0.2, 0.25) is 0 Å². The second-order valence-corrected chi connectivity index (χ2v) is 9.17. The second kappa shape index (κ2) is 8.37. The molecule has 2 fully saturated rings. The number of aliphatic imine (C=N–C) groups is 1. The summed E-state index contributed by atoms with van der Waals surface area (Å²) in [6, 6.07) is 14.4. The van der Waals surface area contributed by atoms with Crippen molar-refractivity contribution in [3.05, 3.63) is 53.6 Å². The van der Waals surface area contributed by atoms with Gasteiger partial charge in [-0.05, 0) is 56.5 Å². The lowest BCUT2D eigenvalue weighted by Gasteiger charge is -2.43. The van der Waals surface area contributed by atoms with Crippen LogP contribution < -0.4 is 4.74 Å². The van der Waals surface area contributed by atoms with Crippen LogP contribution in [0.5, 0.6) is 11.5 Å². The lowest BCUT2D eigenvalue weighted by atomic mass is 9.87. The minimum absolute atomic E-state index is 0.166. The maximum Gasteiger partial charge on any atom is 0.226 e. The molecular weight excluding hydrogens is 386 g/mol. The molecule has 1 saturated carbocycles. The normalized spacial score (nSPS) is 21.5. The smallest absolute Gasteiger partial charge is 0.226 e. The molecule has 0 radical (unpaired) electrons. The molecule has 2 aliphatic heterocycles. The van der Waals surface area contributed by atoms with Crippen molar-refractivity contribution >= 4 is 17.4 Å². The van der Waals surface area contributed by atoms with Crippen LogP contribution >= 0.6 is 0 Å². The van der Waals surface area contributed by atoms with Gasteiger partial charge in [0.2, 0.25) is 5.91 Å². The number of piperazine rings is 1. The molecule has 1 saturated heterocycles. The van der Waals surface area contributed by atoms with Gasteiger partial charge in [0.25, 0.3) is 0 Å². The number of nitrogens with zero attached hydrogens (tertiary/aromatic N) is 3. The number of hydrogen-bond donors (Lipinski definition) is 0. The number of aryl methyl sites for hydroxylation is 1. The maximum absolute atomic E-state index is 13.2. The summed E-state index contributed by atoms with van der Waals surface area (Å²) in [6.45, 7) is 6.56. The Kier molecular flexibility index (Phi) is 5.43. The molecule has 0 spiro atoms. The van der Waals surface area contributed by atoms with E-state index in [1.807, 2.05) is 30.3 Å². The molecule has 5 rings (SSSR count). The highest BCUT2D eigenvalue weighted by molar-refractivity contribution is 6.04. The Hall–Kier alpha value is -2.82. The first-order valence-electron chi connectivity index (χ1n) is 11.6. The molecule has 3 aliphatic rings. The second-order valence-electron chi connectivity index (χ2n) is 9.17. The zero-order valence-corrected chi connectivity index (χ0v) is 18.5. The molecule has 0 bridgehead atoms. The summed E-state index contributed by atoms with van der Waals surface area (Å²) in [4.78, 5) is 22.6. The van der Waals surface area contributed by atoms with E-state index in [0.717, 1.165) is 66.6 Å². The molecule has 5 heteroatoms. The number of ether oxygens (including phenoxy) is 1. The number of rotatable bonds is 1. The van der Waals surface area contributed by atoms with Gasteiger partial charge in [-0.1, -0.05) is 37.5 Å². The van der Waals surface area contributed by atoms with Crippen LogP contribution in [0.25, 0.3) is 0 Å². The van der Waals surface area contributed by atoms with Crippen molar-refractivity contribution in [2.24, 2.45) is 10.9 Å². The van der Waals surface area contributed by atoms with Gasteiger partial charge in [0.1, 0.15) is 17.3 Å². The predicted octanol–water partition coefficient (Wildman–Crippen LogP) is 5.29. The van der Waals surface area contributed by atoms with E-state index in [1.54, 1.807) is 0 Å². The molecule has 0 aromatic heterocycles. The predicted molar refractivity (Wildman–Crippen MR) is 123 cm³/mol. The summed E-state index contributed by atoms with van der Waals surface area (Å²) in [5.41, 5.74) is 3.01. The van der Waals surface area contributed by atoms with Crippen LogP contribution in [0.4, 0.5) is 5.69 Å². The fourth-order valence-electron chi connectivity index (χ4n) is 5.13. The molecule has 0 N–H and O–H groups in total. The molecule has 5 nitrogen and oxygen atoms in total. The standard InChI is InChI=1S/C26H31N3O2/c1-18-12-13-22-24(16-18)31-23-11-7-6-10-21(23)25(27-22)28-14-15-29(19(2)17-28)26(30)20-8-4-3-5-9-20/h6-7,10-13,16,19-20H,3-5,8-9,14-15,17H2,1-2H3. The molecular formula is C26H31N3O2. The fourth-order valence-corrected chi connectivity index (χ4v) is 5.13. The van der Waals surface area contributed by atoms with Gasteiger partial charge in [-0.15, -0.1) is 0 Å². The van der Waals surface area contributed by atoms with Crippen molar-refractivity contribution in [3.63, 3.8) is 0 Å². The van der Waals surface area contributed by atoms with Crippen LogP contribution in [-0.2, 0) is 4.79 Å². The third-order valence-corrected chi connectivity index (χ3v) is 6.85. The number of carbonyl (C=O) groups is 1. The van der Waals surface area contributed by atoms with Crippen molar-refractivity contribution in [2.45, 2.75) is 52.0 Å². The van der Waals surface area contributed by atoms with Crippen LogP contribution in [0.1, 0.15) is 50.2 Å². The molecule has 2 heterocycles. The first kappa shape index (κ1) is 20.1. The summed E-state index contributed by atoms with van der Waals surface area (Å²) in [7, 11) is 0. The van der Waals surface area contributed by atoms with E-state index in [0.29, 0.717) is 5.91 Å². The summed E-state index contributed by atoms with van der Waals surface area (Å²) in [5.74, 6) is 3.15. The van der Waals surface area contributed by atoms with Gasteiger partial charge in [-0.25, -0.2) is 4.99 Å². The van der Waals surface area contributed by atoms with Crippen LogP contribution in [0.15, 0.2) is 47.5 Å². The quantitative estimate of drug-likeness (QED) is 0.633. The largest absolute Gasteiger partial charge is 0.454 e. The molecule has 1 aliphatic carbocycles. The Bertz CT molecular complexity index is 1010. The first-order valence-corrected chi connectivity index (χ1v) is 11.6. The van der Waals surface area contributed by atoms with Crippen LogP contribution in [0, 0.1) is 12.8 Å². The van der Waals surface area contributed by atoms with E-state index in [9.17, 15) is 4.79 Å². The number of para-hydroxylation sites is 1. The third-order valence-electron chi connectivity index (χ3n) is 6.85. The summed E-state index contributed by atoms with van der Waals surface area (Å²) in [5, 5.41) is 0. The van der Waals surface area contributed by atoms with E-state index >= 15 is 0 Å². The number of hydrogen-bond acceptors (Lipinski definition) is 4. The van der Waals surface area contributed by atoms with Gasteiger partial charge in [-0.2, -0.15) is 0 Å². The molecule has 31 heavy (non-hydrogen) atoms. The van der Waals surface area contributed by atoms with E-state index < -0.39 is 0 Å². The van der Waals surface area contributed by atoms with E-state index in [-0.39, 0.29) is 12.0 Å². The van der Waals surface area contributed by atoms with Gasteiger partial charge in [-0.3, -0.25) is 4.79 Å². The molecule has 1 unspecified atom stereocenters. The molecule has 162 valence electrons. The molecule has 2 aromatic carbocycles. The van der Waals surface area contributed by atoms with Crippen LogP contribution in [-0.4, -0.2) is 47.2 Å². The lowest BCUT2D eigenvalue weighted by molar-refractivity contribution is -0.140. The highest BCUT2D eigenvalue weighted by Gasteiger charge is 2.34. The van der Waals surface area contributed by atoms with Gasteiger partial charge in [0, 0.05) is 31.6 Å². The zero-order valence-electron chi connectivity index (χ0n) is 18.5. The Morgan fingerprint density at radius 2 is 1.84 bits per heavy atom. The Morgan fingerprint density at radius 3 is 2.65 bits per heavy atom. The third kappa shape index (κ3) is 3.93. The van der Waals surface area contributed by atoms with Crippen molar-refractivity contribution in [2.75, 3.05) is 19.6 Å². The number of amidine groups is 1. The number of amides is 1. The monoisotopic (exact) mass is 417 g/mol. The highest BCUT2D eigenvalue weighted by Crippen LogP contribution is 2.39. The highest BCUT2D eigenvalue weighted by atomic mass is 16.5. The van der Waals surface area contributed by atoms with Gasteiger partial charge in [0.15, 0.2) is 5.75 Å². The average Bonchev–Trinajstić information content (AvgIpc) is 2.95. The Labute approximate surface area is 184 Å². The Balaban J connectivity index is 1.42. The minimum Gasteiger partial charge on any atom is -0.454 e. The van der Waals surface area contributed by atoms with Crippen LogP contribution in [0.3, 0.4) is 0 Å². The van der Waals surface area contributed by atoms with Crippen molar-refractivity contribution in [3.8, 4) is 11.5 Å². The Morgan fingerprint density at radius 1 is 1.03 bits per heavy atom. The van der Waals surface area contributed by atoms with Crippen molar-refractivity contribution in [1.29, 1.82) is 0 Å². The van der Waals surface area contributed by atoms with Gasteiger partial charge in [0.05, 0.1) is 5.56 Å². The van der Waals surface area contributed by atoms with Crippen molar-refractivity contribution < 1.29 is 9.53 Å². The summed E-state index contributed by atoms with van der Waals surface area (Å²) < 4.78 is 6.26. The van der Waals surface area contributed by atoms with Crippen molar-refractivity contribution in [1.82, 2.24) is 9.80 Å². The topological polar surface area (TPSA) is 45.1 Å². The minimum atomic E-state index is 0.166. The average molecular weight is 418 g/mol. The maximum atomic E-state index is 13.2. The summed E-state index contributed by atoms with van der Waals surface area (Å²) >= 11 is 0. The molecule has 1 atom stereocenters. The molecule has 1 amide bonds. The zero-order chi connectivity index (χ0) is 21.4. The number of carbonyl (C=O) groups excluding carboxylic acids is 1. The SMILES string of the molecule is Cc1ccc2c(c1)Oc1ccccc1C(N1CCN(C(=O)C3CCCCC3)C(C)C1)=N2. The van der Waals surface area contributed by atoms with E-state index in [2.05, 4.69) is 35.8 Å².